The molecule has 4 rings (SSSR count). The summed E-state index contributed by atoms with van der Waals surface area (Å²) in [5, 5.41) is 1.91. The minimum atomic E-state index is -0.625. The van der Waals surface area contributed by atoms with Crippen LogP contribution in [0.4, 0.5) is 5.95 Å². The van der Waals surface area contributed by atoms with Crippen LogP contribution in [0.1, 0.15) is 29.4 Å². The molecule has 1 amide bonds. The van der Waals surface area contributed by atoms with Crippen molar-refractivity contribution >= 4 is 29.2 Å². The van der Waals surface area contributed by atoms with E-state index < -0.39 is 5.41 Å². The summed E-state index contributed by atoms with van der Waals surface area (Å²) in [6.07, 6.45) is 4.89. The zero-order valence-corrected chi connectivity index (χ0v) is 16.7. The predicted octanol–water partition coefficient (Wildman–Crippen LogP) is 2.46. The van der Waals surface area contributed by atoms with Gasteiger partial charge in [-0.25, -0.2) is 9.97 Å². The Morgan fingerprint density at radius 2 is 2.11 bits per heavy atom. The number of hydrogen-bond donors (Lipinski definition) is 0. The largest absolute Gasteiger partial charge is 0.466 e. The first-order valence-corrected chi connectivity index (χ1v) is 10.5. The van der Waals surface area contributed by atoms with E-state index in [0.29, 0.717) is 45.2 Å². The molecule has 0 radical (unpaired) electrons. The quantitative estimate of drug-likeness (QED) is 0.734. The van der Waals surface area contributed by atoms with Crippen LogP contribution in [-0.2, 0) is 9.53 Å². The van der Waals surface area contributed by atoms with E-state index in [1.54, 1.807) is 18.5 Å². The fourth-order valence-electron chi connectivity index (χ4n) is 4.39. The molecular formula is C20H24N4O3S. The number of carbonyl (C=O) groups is 2. The number of esters is 1. The summed E-state index contributed by atoms with van der Waals surface area (Å²) in [5.74, 6) is 0.491. The zero-order valence-electron chi connectivity index (χ0n) is 15.9. The van der Waals surface area contributed by atoms with Crippen LogP contribution in [0.15, 0.2) is 36.0 Å². The molecule has 8 heteroatoms. The molecule has 0 unspecified atom stereocenters. The average molecular weight is 401 g/mol. The summed E-state index contributed by atoms with van der Waals surface area (Å²) in [6, 6.07) is 5.53. The van der Waals surface area contributed by atoms with Crippen LogP contribution in [0.2, 0.25) is 0 Å². The zero-order chi connectivity index (χ0) is 19.6. The van der Waals surface area contributed by atoms with Gasteiger partial charge in [-0.3, -0.25) is 9.59 Å². The second kappa shape index (κ2) is 7.87. The van der Waals surface area contributed by atoms with E-state index in [2.05, 4.69) is 14.9 Å². The summed E-state index contributed by atoms with van der Waals surface area (Å²) in [6.45, 7) is 4.56. The minimum absolute atomic E-state index is 0.0123. The van der Waals surface area contributed by atoms with Gasteiger partial charge >= 0.3 is 5.97 Å². The highest BCUT2D eigenvalue weighted by Crippen LogP contribution is 2.44. The third-order valence-corrected chi connectivity index (χ3v) is 6.58. The lowest BCUT2D eigenvalue weighted by Crippen LogP contribution is -2.43. The maximum absolute atomic E-state index is 13.0. The van der Waals surface area contributed by atoms with Crippen molar-refractivity contribution in [2.24, 2.45) is 11.3 Å². The third-order valence-electron chi connectivity index (χ3n) is 5.72. The molecule has 0 aliphatic carbocycles. The molecule has 2 aromatic rings. The van der Waals surface area contributed by atoms with Crippen LogP contribution in [-0.4, -0.2) is 59.5 Å². The molecule has 0 bridgehead atoms. The number of ether oxygens (including phenoxy) is 1. The molecule has 0 N–H and O–H groups in total. The van der Waals surface area contributed by atoms with Gasteiger partial charge in [0.2, 0.25) is 5.95 Å². The number of nitrogens with zero attached hydrogens (tertiary/aromatic N) is 4. The normalized spacial score (nSPS) is 24.5. The van der Waals surface area contributed by atoms with Gasteiger partial charge in [-0.15, -0.1) is 11.3 Å². The summed E-state index contributed by atoms with van der Waals surface area (Å²) in [4.78, 5) is 39.4. The van der Waals surface area contributed by atoms with Crippen molar-refractivity contribution in [3.63, 3.8) is 0 Å². The van der Waals surface area contributed by atoms with Gasteiger partial charge in [0.25, 0.3) is 5.91 Å². The van der Waals surface area contributed by atoms with Gasteiger partial charge in [-0.1, -0.05) is 6.07 Å². The van der Waals surface area contributed by atoms with Gasteiger partial charge in [0.05, 0.1) is 16.9 Å². The first-order valence-electron chi connectivity index (χ1n) is 9.66. The second-order valence-electron chi connectivity index (χ2n) is 7.33. The van der Waals surface area contributed by atoms with E-state index in [1.807, 2.05) is 29.3 Å². The van der Waals surface area contributed by atoms with Gasteiger partial charge in [0.15, 0.2) is 0 Å². The fraction of sp³-hybridized carbons (Fsp3) is 0.500. The van der Waals surface area contributed by atoms with E-state index >= 15 is 0 Å². The number of amides is 1. The molecule has 2 aliphatic heterocycles. The number of likely N-dealkylation sites (tertiary alicyclic amines) is 1. The van der Waals surface area contributed by atoms with Gasteiger partial charge in [-0.2, -0.15) is 0 Å². The van der Waals surface area contributed by atoms with E-state index in [-0.39, 0.29) is 17.8 Å². The number of rotatable bonds is 4. The lowest BCUT2D eigenvalue weighted by Gasteiger charge is -2.31. The Kier molecular flexibility index (Phi) is 5.30. The number of anilines is 1. The van der Waals surface area contributed by atoms with E-state index in [0.717, 1.165) is 11.3 Å². The molecule has 2 aliphatic rings. The predicted molar refractivity (Wildman–Crippen MR) is 106 cm³/mol. The van der Waals surface area contributed by atoms with Crippen molar-refractivity contribution in [1.82, 2.24) is 14.9 Å². The average Bonchev–Trinajstić information content (AvgIpc) is 3.34. The molecule has 0 spiro atoms. The Labute approximate surface area is 168 Å². The van der Waals surface area contributed by atoms with Crippen molar-refractivity contribution in [2.45, 2.75) is 19.8 Å². The first-order chi connectivity index (χ1) is 13.6. The molecule has 28 heavy (non-hydrogen) atoms. The maximum Gasteiger partial charge on any atom is 0.314 e. The van der Waals surface area contributed by atoms with Crippen LogP contribution >= 0.6 is 11.3 Å². The van der Waals surface area contributed by atoms with Gasteiger partial charge < -0.3 is 14.5 Å². The van der Waals surface area contributed by atoms with Crippen molar-refractivity contribution in [1.29, 1.82) is 0 Å². The lowest BCUT2D eigenvalue weighted by atomic mass is 9.75. The molecule has 2 atom stereocenters. The molecule has 2 aromatic heterocycles. The van der Waals surface area contributed by atoms with E-state index in [1.165, 1.54) is 11.3 Å². The van der Waals surface area contributed by atoms with Crippen molar-refractivity contribution in [3.8, 4) is 0 Å². The monoisotopic (exact) mass is 400 g/mol. The lowest BCUT2D eigenvalue weighted by molar-refractivity contribution is -0.157. The SMILES string of the molecule is CCOC(=O)[C@]12CCCN(C(=O)c3cccs3)C[C@H]1CN(c1ncccn1)C2. The van der Waals surface area contributed by atoms with E-state index in [4.69, 9.17) is 4.74 Å². The summed E-state index contributed by atoms with van der Waals surface area (Å²) in [5.41, 5.74) is -0.625. The van der Waals surface area contributed by atoms with Gasteiger partial charge in [0.1, 0.15) is 0 Å². The van der Waals surface area contributed by atoms with Crippen LogP contribution in [0.5, 0.6) is 0 Å². The number of carbonyl (C=O) groups excluding carboxylic acids is 2. The molecule has 2 fully saturated rings. The van der Waals surface area contributed by atoms with Gasteiger partial charge in [0, 0.05) is 44.5 Å². The first kappa shape index (κ1) is 18.9. The smallest absolute Gasteiger partial charge is 0.314 e. The molecule has 2 saturated heterocycles. The van der Waals surface area contributed by atoms with Crippen LogP contribution < -0.4 is 4.90 Å². The number of aromatic nitrogens is 2. The molecule has 4 heterocycles. The number of hydrogen-bond acceptors (Lipinski definition) is 7. The van der Waals surface area contributed by atoms with Crippen molar-refractivity contribution in [3.05, 3.63) is 40.8 Å². The van der Waals surface area contributed by atoms with E-state index in [9.17, 15) is 9.59 Å². The number of fused-ring (bicyclic) bond motifs is 1. The van der Waals surface area contributed by atoms with Crippen LogP contribution in [0.25, 0.3) is 0 Å². The minimum Gasteiger partial charge on any atom is -0.466 e. The Morgan fingerprint density at radius 1 is 1.29 bits per heavy atom. The number of thiophene rings is 1. The Balaban J connectivity index is 1.62. The highest BCUT2D eigenvalue weighted by atomic mass is 32.1. The Bertz CT molecular complexity index is 829. The van der Waals surface area contributed by atoms with Crippen LogP contribution in [0.3, 0.4) is 0 Å². The molecule has 148 valence electrons. The topological polar surface area (TPSA) is 75.6 Å². The van der Waals surface area contributed by atoms with Crippen molar-refractivity contribution in [2.75, 3.05) is 37.7 Å². The standard InChI is InChI=1S/C20H24N4O3S/c1-2-27-18(26)20-7-4-10-23(17(25)16-6-3-11-28-16)12-15(20)13-24(14-20)19-21-8-5-9-22-19/h3,5-6,8-9,11,15H,2,4,7,10,12-14H2,1H3/t15-,20-/m0/s1. The Morgan fingerprint density at radius 3 is 2.82 bits per heavy atom. The summed E-state index contributed by atoms with van der Waals surface area (Å²) in [7, 11) is 0. The second-order valence-corrected chi connectivity index (χ2v) is 8.28. The Hall–Kier alpha value is -2.48. The van der Waals surface area contributed by atoms with Crippen molar-refractivity contribution < 1.29 is 14.3 Å². The maximum atomic E-state index is 13.0. The van der Waals surface area contributed by atoms with Gasteiger partial charge in [-0.05, 0) is 37.3 Å². The third kappa shape index (κ3) is 3.37. The summed E-state index contributed by atoms with van der Waals surface area (Å²) < 4.78 is 5.49. The summed E-state index contributed by atoms with van der Waals surface area (Å²) >= 11 is 1.45. The molecule has 7 nitrogen and oxygen atoms in total. The molecule has 0 aromatic carbocycles. The highest BCUT2D eigenvalue weighted by molar-refractivity contribution is 7.12. The molecule has 0 saturated carbocycles. The van der Waals surface area contributed by atoms with Crippen LogP contribution in [0, 0.1) is 11.3 Å². The molecular weight excluding hydrogens is 376 g/mol. The highest BCUT2D eigenvalue weighted by Gasteiger charge is 2.55. The fourth-order valence-corrected chi connectivity index (χ4v) is 5.08.